The Morgan fingerprint density at radius 1 is 0.949 bits per heavy atom. The molecular weight excluding hydrogens is 492 g/mol. The minimum atomic E-state index is -0.819. The van der Waals surface area contributed by atoms with E-state index in [1.807, 2.05) is 30.3 Å². The lowest BCUT2D eigenvalue weighted by Gasteiger charge is -2.34. The smallest absolute Gasteiger partial charge is 0.361 e. The normalized spacial score (nSPS) is 14.7. The third kappa shape index (κ3) is 5.92. The number of nitrogens with zero attached hydrogens (tertiary/aromatic N) is 4. The molecule has 200 valence electrons. The molecule has 0 bridgehead atoms. The fourth-order valence-electron chi connectivity index (χ4n) is 4.95. The Morgan fingerprint density at radius 2 is 1.62 bits per heavy atom. The maximum Gasteiger partial charge on any atom is 0.361 e. The van der Waals surface area contributed by atoms with Gasteiger partial charge in [-0.1, -0.05) is 66.7 Å². The van der Waals surface area contributed by atoms with Gasteiger partial charge in [0.1, 0.15) is 5.52 Å². The minimum Gasteiger partial charge on any atom is -0.805 e. The number of rotatable bonds is 8. The molecule has 39 heavy (non-hydrogen) atoms. The van der Waals surface area contributed by atoms with Gasteiger partial charge in [-0.2, -0.15) is 0 Å². The van der Waals surface area contributed by atoms with E-state index in [4.69, 9.17) is 4.74 Å². The van der Waals surface area contributed by atoms with Crippen LogP contribution >= 0.6 is 0 Å². The number of carbonyl (C=O) groups excluding carboxylic acids is 1. The molecule has 0 spiro atoms. The quantitative estimate of drug-likeness (QED) is 0.248. The Hall–Kier alpha value is -4.27. The standard InChI is InChI=1S/C31H32N4O4/c1-2-39-31(36)30-29(26-13-7-4-8-14-26)34(37)27-16-15-25(22-28(27)35(30)38)23-33-20-18-32(19-21-33)17-9-12-24-10-5-3-6-11-24/h3-16,22H,2,17-21,23H2,1H3/b12-9+. The molecule has 1 aliphatic rings. The van der Waals surface area contributed by atoms with Gasteiger partial charge >= 0.3 is 11.7 Å². The molecule has 0 unspecified atom stereocenters. The summed E-state index contributed by atoms with van der Waals surface area (Å²) in [5.41, 5.74) is 2.62. The van der Waals surface area contributed by atoms with Crippen molar-refractivity contribution >= 4 is 23.1 Å². The van der Waals surface area contributed by atoms with Crippen LogP contribution in [0.2, 0.25) is 0 Å². The molecule has 0 atom stereocenters. The molecule has 0 saturated carbocycles. The highest BCUT2D eigenvalue weighted by Crippen LogP contribution is 2.25. The summed E-state index contributed by atoms with van der Waals surface area (Å²) in [7, 11) is 0. The van der Waals surface area contributed by atoms with Crippen LogP contribution in [-0.4, -0.2) is 59.8 Å². The number of hydrogen-bond donors (Lipinski definition) is 0. The fraction of sp³-hybridized carbons (Fsp3) is 0.258. The molecule has 1 aromatic heterocycles. The Kier molecular flexibility index (Phi) is 8.15. The maximum atomic E-state index is 13.5. The number of aromatic nitrogens is 2. The lowest BCUT2D eigenvalue weighted by Crippen LogP contribution is -2.45. The van der Waals surface area contributed by atoms with Crippen molar-refractivity contribution in [2.75, 3.05) is 39.3 Å². The highest BCUT2D eigenvalue weighted by atomic mass is 16.5. The summed E-state index contributed by atoms with van der Waals surface area (Å²) >= 11 is 0. The van der Waals surface area contributed by atoms with Crippen LogP contribution in [0.3, 0.4) is 0 Å². The van der Waals surface area contributed by atoms with Crippen molar-refractivity contribution in [2.45, 2.75) is 13.5 Å². The number of carbonyl (C=O) groups is 1. The lowest BCUT2D eigenvalue weighted by molar-refractivity contribution is -0.452. The molecule has 4 aromatic rings. The highest BCUT2D eigenvalue weighted by molar-refractivity contribution is 5.96. The molecule has 1 saturated heterocycles. The van der Waals surface area contributed by atoms with Crippen LogP contribution in [-0.2, 0) is 11.3 Å². The number of fused-ring (bicyclic) bond motifs is 1. The Bertz CT molecular complexity index is 1530. The van der Waals surface area contributed by atoms with Crippen LogP contribution in [0.1, 0.15) is 28.5 Å². The van der Waals surface area contributed by atoms with Gasteiger partial charge in [0.05, 0.1) is 16.6 Å². The number of piperazine rings is 1. The second-order valence-electron chi connectivity index (χ2n) is 9.59. The van der Waals surface area contributed by atoms with Crippen molar-refractivity contribution in [3.8, 4) is 11.3 Å². The average molecular weight is 525 g/mol. The summed E-state index contributed by atoms with van der Waals surface area (Å²) < 4.78 is 6.37. The van der Waals surface area contributed by atoms with Gasteiger partial charge in [0.15, 0.2) is 0 Å². The molecule has 2 heterocycles. The monoisotopic (exact) mass is 524 g/mol. The molecule has 3 aromatic carbocycles. The molecule has 8 heteroatoms. The minimum absolute atomic E-state index is 0.0123. The molecule has 8 nitrogen and oxygen atoms in total. The maximum absolute atomic E-state index is 13.5. The number of ether oxygens (including phenoxy) is 1. The van der Waals surface area contributed by atoms with Gasteiger partial charge in [-0.05, 0) is 36.2 Å². The number of esters is 1. The van der Waals surface area contributed by atoms with E-state index in [1.165, 1.54) is 5.56 Å². The van der Waals surface area contributed by atoms with Crippen LogP contribution in [0.15, 0.2) is 84.9 Å². The topological polar surface area (TPSA) is 83.7 Å². The van der Waals surface area contributed by atoms with E-state index in [0.717, 1.165) is 38.3 Å². The van der Waals surface area contributed by atoms with E-state index in [2.05, 4.69) is 34.1 Å². The van der Waals surface area contributed by atoms with Crippen LogP contribution in [0.5, 0.6) is 0 Å². The third-order valence-corrected chi connectivity index (χ3v) is 6.97. The van der Waals surface area contributed by atoms with Crippen LogP contribution < -0.4 is 4.43 Å². The lowest BCUT2D eigenvalue weighted by atomic mass is 10.1. The molecule has 0 aliphatic carbocycles. The van der Waals surface area contributed by atoms with Crippen molar-refractivity contribution in [2.24, 2.45) is 0 Å². The predicted octanol–water partition coefficient (Wildman–Crippen LogP) is 4.58. The first kappa shape index (κ1) is 26.3. The summed E-state index contributed by atoms with van der Waals surface area (Å²) in [5, 5.41) is 13.5. The zero-order valence-electron chi connectivity index (χ0n) is 22.0. The number of hydrogen-bond acceptors (Lipinski definition) is 6. The second-order valence-corrected chi connectivity index (χ2v) is 9.59. The van der Waals surface area contributed by atoms with Gasteiger partial charge in [-0.3, -0.25) is 9.80 Å². The average Bonchev–Trinajstić information content (AvgIpc) is 2.97. The van der Waals surface area contributed by atoms with Crippen LogP contribution in [0, 0.1) is 10.1 Å². The highest BCUT2D eigenvalue weighted by Gasteiger charge is 2.30. The summed E-state index contributed by atoms with van der Waals surface area (Å²) in [5.74, 6) is -0.819. The van der Waals surface area contributed by atoms with Crippen LogP contribution in [0.25, 0.3) is 28.4 Å². The Labute approximate surface area is 227 Å². The van der Waals surface area contributed by atoms with Gasteiger partial charge in [0, 0.05) is 50.2 Å². The summed E-state index contributed by atoms with van der Waals surface area (Å²) in [6, 6.07) is 24.3. The largest absolute Gasteiger partial charge is 0.805 e. The summed E-state index contributed by atoms with van der Waals surface area (Å²) in [4.78, 5) is 31.0. The zero-order valence-corrected chi connectivity index (χ0v) is 22.0. The molecule has 0 radical (unpaired) electrons. The first-order valence-corrected chi connectivity index (χ1v) is 13.3. The SMILES string of the molecule is CCOC(=O)c1c(-c2ccccc2)[n+](=O)c2ccc(CN3CCN(C/C=C/c4ccccc4)CC3)cc2n1[O-]. The molecular formula is C31H32N4O4. The van der Waals surface area contributed by atoms with Crippen molar-refractivity contribution in [3.05, 3.63) is 112 Å². The van der Waals surface area contributed by atoms with Crippen molar-refractivity contribution < 1.29 is 14.0 Å². The summed E-state index contributed by atoms with van der Waals surface area (Å²) in [6.07, 6.45) is 4.35. The van der Waals surface area contributed by atoms with Gasteiger partial charge in [0.25, 0.3) is 5.52 Å². The zero-order chi connectivity index (χ0) is 27.2. The van der Waals surface area contributed by atoms with E-state index < -0.39 is 5.97 Å². The Balaban J connectivity index is 1.34. The van der Waals surface area contributed by atoms with Crippen molar-refractivity contribution in [1.29, 1.82) is 0 Å². The van der Waals surface area contributed by atoms with Crippen molar-refractivity contribution in [3.63, 3.8) is 0 Å². The van der Waals surface area contributed by atoms with E-state index in [0.29, 0.717) is 21.3 Å². The molecule has 1 aliphatic heterocycles. The van der Waals surface area contributed by atoms with E-state index in [9.17, 15) is 14.9 Å². The first-order chi connectivity index (χ1) is 19.0. The van der Waals surface area contributed by atoms with Gasteiger partial charge in [-0.25, -0.2) is 4.79 Å². The van der Waals surface area contributed by atoms with E-state index in [1.54, 1.807) is 43.3 Å². The predicted molar refractivity (Wildman–Crippen MR) is 153 cm³/mol. The van der Waals surface area contributed by atoms with Crippen LogP contribution in [0.4, 0.5) is 0 Å². The molecule has 1 fully saturated rings. The second kappa shape index (κ2) is 12.1. The fourth-order valence-corrected chi connectivity index (χ4v) is 4.95. The molecule has 0 N–H and O–H groups in total. The van der Waals surface area contributed by atoms with E-state index in [-0.39, 0.29) is 29.0 Å². The van der Waals surface area contributed by atoms with Gasteiger partial charge in [-0.15, -0.1) is 0 Å². The van der Waals surface area contributed by atoms with E-state index >= 15 is 0 Å². The molecule has 5 rings (SSSR count). The van der Waals surface area contributed by atoms with Crippen molar-refractivity contribution in [1.82, 2.24) is 14.5 Å². The third-order valence-electron chi connectivity index (χ3n) is 6.97. The van der Waals surface area contributed by atoms with Gasteiger partial charge in [0.2, 0.25) is 5.69 Å². The summed E-state index contributed by atoms with van der Waals surface area (Å²) in [6.45, 7) is 7.01. The Morgan fingerprint density at radius 3 is 2.31 bits per heavy atom. The first-order valence-electron chi connectivity index (χ1n) is 13.3. The molecule has 0 amide bonds. The van der Waals surface area contributed by atoms with Gasteiger partial charge < -0.3 is 14.7 Å². The number of benzene rings is 3.